The van der Waals surface area contributed by atoms with Gasteiger partial charge in [0.2, 0.25) is 0 Å². The molecule has 1 N–H and O–H groups in total. The number of aliphatic hydroxyl groups is 1. The van der Waals surface area contributed by atoms with Gasteiger partial charge in [0, 0.05) is 19.0 Å². The van der Waals surface area contributed by atoms with Crippen molar-refractivity contribution in [2.24, 2.45) is 5.92 Å². The molecule has 2 rings (SSSR count). The van der Waals surface area contributed by atoms with Crippen LogP contribution < -0.4 is 4.90 Å². The lowest BCUT2D eigenvalue weighted by atomic mass is 9.91. The smallest absolute Gasteiger partial charge is 0.185 e. The Kier molecular flexibility index (Phi) is 5.28. The SMILES string of the molecule is CN1CCC(CN(C)c2nc(C(C)(C)C)c(CO)s2)CC1. The van der Waals surface area contributed by atoms with Crippen LogP contribution in [-0.2, 0) is 12.0 Å². The van der Waals surface area contributed by atoms with Crippen LogP contribution in [0.2, 0.25) is 0 Å². The van der Waals surface area contributed by atoms with Crippen LogP contribution >= 0.6 is 11.3 Å². The van der Waals surface area contributed by atoms with E-state index >= 15 is 0 Å². The van der Waals surface area contributed by atoms with Gasteiger partial charge in [0.1, 0.15) is 0 Å². The van der Waals surface area contributed by atoms with Gasteiger partial charge in [-0.2, -0.15) is 0 Å². The topological polar surface area (TPSA) is 39.6 Å². The highest BCUT2D eigenvalue weighted by Gasteiger charge is 2.25. The van der Waals surface area contributed by atoms with Crippen LogP contribution in [0.1, 0.15) is 44.2 Å². The van der Waals surface area contributed by atoms with Gasteiger partial charge in [0.25, 0.3) is 0 Å². The maximum Gasteiger partial charge on any atom is 0.185 e. The van der Waals surface area contributed by atoms with Crippen LogP contribution in [0.3, 0.4) is 0 Å². The minimum Gasteiger partial charge on any atom is -0.391 e. The van der Waals surface area contributed by atoms with Crippen LogP contribution in [0.15, 0.2) is 0 Å². The molecule has 0 aromatic carbocycles. The number of aromatic nitrogens is 1. The average Bonchev–Trinajstić information content (AvgIpc) is 2.85. The number of hydrogen-bond donors (Lipinski definition) is 1. The summed E-state index contributed by atoms with van der Waals surface area (Å²) in [6, 6.07) is 0. The van der Waals surface area contributed by atoms with Crippen molar-refractivity contribution in [3.05, 3.63) is 10.6 Å². The van der Waals surface area contributed by atoms with E-state index in [0.717, 1.165) is 28.2 Å². The molecule has 0 spiro atoms. The van der Waals surface area contributed by atoms with Gasteiger partial charge in [0.15, 0.2) is 5.13 Å². The van der Waals surface area contributed by atoms with Gasteiger partial charge < -0.3 is 14.9 Å². The Balaban J connectivity index is 2.05. The molecule has 1 aromatic heterocycles. The lowest BCUT2D eigenvalue weighted by Gasteiger charge is -2.31. The van der Waals surface area contributed by atoms with E-state index in [9.17, 15) is 5.11 Å². The van der Waals surface area contributed by atoms with Crippen molar-refractivity contribution < 1.29 is 5.11 Å². The predicted octanol–water partition coefficient (Wildman–Crippen LogP) is 2.71. The molecule has 1 saturated heterocycles. The van der Waals surface area contributed by atoms with E-state index in [1.54, 1.807) is 11.3 Å². The maximum atomic E-state index is 9.57. The minimum absolute atomic E-state index is 0.0127. The van der Waals surface area contributed by atoms with Crippen LogP contribution in [0, 0.1) is 5.92 Å². The number of nitrogens with zero attached hydrogens (tertiary/aromatic N) is 3. The summed E-state index contributed by atoms with van der Waals surface area (Å²) in [6.07, 6.45) is 2.54. The zero-order chi connectivity index (χ0) is 15.6. The van der Waals surface area contributed by atoms with Crippen molar-refractivity contribution in [2.45, 2.75) is 45.6 Å². The number of anilines is 1. The fourth-order valence-corrected chi connectivity index (χ4v) is 4.01. The molecule has 0 bridgehead atoms. The number of thiazole rings is 1. The Labute approximate surface area is 132 Å². The molecule has 0 radical (unpaired) electrons. The van der Waals surface area contributed by atoms with E-state index in [1.807, 2.05) is 0 Å². The molecule has 0 aliphatic carbocycles. The third-order valence-corrected chi connectivity index (χ3v) is 5.39. The van der Waals surface area contributed by atoms with Crippen molar-refractivity contribution in [1.82, 2.24) is 9.88 Å². The summed E-state index contributed by atoms with van der Waals surface area (Å²) in [4.78, 5) is 10.5. The van der Waals surface area contributed by atoms with E-state index in [0.29, 0.717) is 0 Å². The summed E-state index contributed by atoms with van der Waals surface area (Å²) in [5.41, 5.74) is 1.03. The molecule has 4 nitrogen and oxygen atoms in total. The van der Waals surface area contributed by atoms with Gasteiger partial charge in [-0.05, 0) is 38.9 Å². The zero-order valence-electron chi connectivity index (χ0n) is 14.0. The largest absolute Gasteiger partial charge is 0.391 e. The third kappa shape index (κ3) is 4.18. The number of aliphatic hydroxyl groups excluding tert-OH is 1. The summed E-state index contributed by atoms with van der Waals surface area (Å²) in [5.74, 6) is 0.755. The Bertz CT molecular complexity index is 459. The fourth-order valence-electron chi connectivity index (χ4n) is 2.91. The van der Waals surface area contributed by atoms with Gasteiger partial charge in [-0.15, -0.1) is 0 Å². The zero-order valence-corrected chi connectivity index (χ0v) is 14.8. The van der Waals surface area contributed by atoms with E-state index in [2.05, 4.69) is 44.7 Å². The highest BCUT2D eigenvalue weighted by molar-refractivity contribution is 7.15. The third-order valence-electron chi connectivity index (χ3n) is 4.24. The van der Waals surface area contributed by atoms with Crippen molar-refractivity contribution in [3.8, 4) is 0 Å². The van der Waals surface area contributed by atoms with E-state index in [-0.39, 0.29) is 12.0 Å². The first kappa shape index (κ1) is 16.7. The molecule has 1 aromatic rings. The van der Waals surface area contributed by atoms with Crippen molar-refractivity contribution in [2.75, 3.05) is 38.6 Å². The molecule has 120 valence electrons. The van der Waals surface area contributed by atoms with E-state index in [1.165, 1.54) is 25.9 Å². The molecule has 1 aliphatic heterocycles. The summed E-state index contributed by atoms with van der Waals surface area (Å²) in [6.45, 7) is 10.0. The monoisotopic (exact) mass is 311 g/mol. The summed E-state index contributed by atoms with van der Waals surface area (Å²) >= 11 is 1.64. The van der Waals surface area contributed by atoms with Gasteiger partial charge in [-0.1, -0.05) is 32.1 Å². The molecule has 0 unspecified atom stereocenters. The van der Waals surface area contributed by atoms with Crippen LogP contribution in [0.4, 0.5) is 5.13 Å². The van der Waals surface area contributed by atoms with Gasteiger partial charge in [-0.3, -0.25) is 0 Å². The van der Waals surface area contributed by atoms with Crippen LogP contribution in [0.5, 0.6) is 0 Å². The second-order valence-electron chi connectivity index (χ2n) is 7.30. The lowest BCUT2D eigenvalue weighted by molar-refractivity contribution is 0.222. The van der Waals surface area contributed by atoms with Crippen molar-refractivity contribution in [1.29, 1.82) is 0 Å². The Morgan fingerprint density at radius 3 is 2.43 bits per heavy atom. The molecule has 21 heavy (non-hydrogen) atoms. The second-order valence-corrected chi connectivity index (χ2v) is 8.37. The minimum atomic E-state index is -0.0127. The normalized spacial score (nSPS) is 18.2. The highest BCUT2D eigenvalue weighted by atomic mass is 32.1. The highest BCUT2D eigenvalue weighted by Crippen LogP contribution is 2.34. The Morgan fingerprint density at radius 2 is 1.95 bits per heavy atom. The van der Waals surface area contributed by atoms with Gasteiger partial charge in [-0.25, -0.2) is 4.98 Å². The van der Waals surface area contributed by atoms with Crippen LogP contribution in [-0.4, -0.2) is 48.7 Å². The molecule has 5 heteroatoms. The summed E-state index contributed by atoms with van der Waals surface area (Å²) in [7, 11) is 4.33. The fraction of sp³-hybridized carbons (Fsp3) is 0.812. The molecule has 1 aliphatic rings. The molecule has 0 atom stereocenters. The number of piperidine rings is 1. The number of hydrogen-bond acceptors (Lipinski definition) is 5. The summed E-state index contributed by atoms with van der Waals surface area (Å²) < 4.78 is 0. The second kappa shape index (κ2) is 6.63. The molecule has 0 saturated carbocycles. The average molecular weight is 311 g/mol. The standard InChI is InChI=1S/C16H29N3OS/c1-16(2,3)14-13(11-20)21-15(17-14)19(5)10-12-6-8-18(4)9-7-12/h12,20H,6-11H2,1-5H3. The number of rotatable bonds is 4. The van der Waals surface area contributed by atoms with Crippen molar-refractivity contribution >= 4 is 16.5 Å². The molecule has 0 amide bonds. The first-order chi connectivity index (χ1) is 9.81. The first-order valence-corrected chi connectivity index (χ1v) is 8.63. The van der Waals surface area contributed by atoms with Gasteiger partial charge in [0.05, 0.1) is 17.2 Å². The Hall–Kier alpha value is -0.650. The maximum absolute atomic E-state index is 9.57. The van der Waals surface area contributed by atoms with E-state index in [4.69, 9.17) is 4.98 Å². The molecule has 2 heterocycles. The molecule has 1 fully saturated rings. The quantitative estimate of drug-likeness (QED) is 0.928. The number of likely N-dealkylation sites (tertiary alicyclic amines) is 1. The first-order valence-electron chi connectivity index (χ1n) is 7.82. The van der Waals surface area contributed by atoms with Crippen molar-refractivity contribution in [3.63, 3.8) is 0 Å². The molecular weight excluding hydrogens is 282 g/mol. The molecular formula is C16H29N3OS. The lowest BCUT2D eigenvalue weighted by Crippen LogP contribution is -2.35. The predicted molar refractivity (Wildman–Crippen MR) is 90.2 cm³/mol. The Morgan fingerprint density at radius 1 is 1.33 bits per heavy atom. The van der Waals surface area contributed by atoms with Crippen LogP contribution in [0.25, 0.3) is 0 Å². The van der Waals surface area contributed by atoms with Gasteiger partial charge >= 0.3 is 0 Å². The van der Waals surface area contributed by atoms with E-state index < -0.39 is 0 Å². The summed E-state index contributed by atoms with van der Waals surface area (Å²) in [5, 5.41) is 10.6.